The number of halogens is 1. The molecule has 0 saturated carbocycles. The van der Waals surface area contributed by atoms with Gasteiger partial charge in [0.25, 0.3) is 0 Å². The van der Waals surface area contributed by atoms with Gasteiger partial charge in [0.15, 0.2) is 0 Å². The van der Waals surface area contributed by atoms with Gasteiger partial charge in [0.2, 0.25) is 0 Å². The molecule has 0 radical (unpaired) electrons. The van der Waals surface area contributed by atoms with E-state index in [-0.39, 0.29) is 0 Å². The highest BCUT2D eigenvalue weighted by molar-refractivity contribution is 6.16. The Morgan fingerprint density at radius 2 is 1.81 bits per heavy atom. The third kappa shape index (κ3) is 3.48. The van der Waals surface area contributed by atoms with Gasteiger partial charge in [-0.15, -0.1) is 21.8 Å². The maximum Gasteiger partial charge on any atom is 0.148 e. The molecule has 0 aliphatic rings. The van der Waals surface area contributed by atoms with Gasteiger partial charge in [-0.3, -0.25) is 0 Å². The van der Waals surface area contributed by atoms with E-state index in [0.717, 1.165) is 18.1 Å². The van der Waals surface area contributed by atoms with Gasteiger partial charge in [-0.05, 0) is 20.3 Å². The summed E-state index contributed by atoms with van der Waals surface area (Å²) in [4.78, 5) is 0. The van der Waals surface area contributed by atoms with E-state index >= 15 is 0 Å². The number of alkyl halides is 1. The van der Waals surface area contributed by atoms with Gasteiger partial charge in [-0.25, -0.2) is 0 Å². The van der Waals surface area contributed by atoms with Crippen LogP contribution in [-0.4, -0.2) is 14.8 Å². The van der Waals surface area contributed by atoms with Crippen molar-refractivity contribution >= 4 is 11.6 Å². The summed E-state index contributed by atoms with van der Waals surface area (Å²) in [5, 5.41) is 8.37. The van der Waals surface area contributed by atoms with Crippen LogP contribution in [0.15, 0.2) is 0 Å². The van der Waals surface area contributed by atoms with Crippen molar-refractivity contribution in [2.24, 2.45) is 0 Å². The Hall–Kier alpha value is -0.570. The number of unbranched alkanes of at least 4 members (excludes halogenated alkanes) is 3. The fraction of sp³-hybridized carbons (Fsp3) is 0.833. The lowest BCUT2D eigenvalue weighted by Crippen LogP contribution is -2.09. The molecule has 0 aliphatic heterocycles. The molecule has 16 heavy (non-hydrogen) atoms. The van der Waals surface area contributed by atoms with Crippen molar-refractivity contribution in [3.63, 3.8) is 0 Å². The van der Waals surface area contributed by atoms with Gasteiger partial charge >= 0.3 is 0 Å². The number of hydrogen-bond donors (Lipinski definition) is 0. The summed E-state index contributed by atoms with van der Waals surface area (Å²) >= 11 is 5.85. The maximum atomic E-state index is 5.85. The van der Waals surface area contributed by atoms with Crippen molar-refractivity contribution in [1.82, 2.24) is 14.8 Å². The summed E-state index contributed by atoms with van der Waals surface area (Å²) in [5.74, 6) is 2.42. The molecular weight excluding hydrogens is 222 g/mol. The van der Waals surface area contributed by atoms with Crippen molar-refractivity contribution in [2.45, 2.75) is 64.8 Å². The Morgan fingerprint density at radius 1 is 1.12 bits per heavy atom. The molecule has 1 aromatic heterocycles. The largest absolute Gasteiger partial charge is 0.311 e. The molecule has 3 nitrogen and oxygen atoms in total. The van der Waals surface area contributed by atoms with E-state index < -0.39 is 0 Å². The minimum atomic E-state index is 0.393. The number of aromatic nitrogens is 3. The molecule has 0 amide bonds. The molecule has 0 aliphatic carbocycles. The zero-order chi connectivity index (χ0) is 12.0. The average molecular weight is 244 g/mol. The Morgan fingerprint density at radius 3 is 2.38 bits per heavy atom. The average Bonchev–Trinajstić information content (AvgIpc) is 2.67. The fourth-order valence-electron chi connectivity index (χ4n) is 1.93. The number of hydrogen-bond acceptors (Lipinski definition) is 2. The van der Waals surface area contributed by atoms with Crippen molar-refractivity contribution < 1.29 is 0 Å². The van der Waals surface area contributed by atoms with Gasteiger partial charge in [0, 0.05) is 12.5 Å². The highest BCUT2D eigenvalue weighted by Crippen LogP contribution is 2.15. The van der Waals surface area contributed by atoms with Crippen LogP contribution in [0, 0.1) is 0 Å². The van der Waals surface area contributed by atoms with Crippen LogP contribution in [0.5, 0.6) is 0 Å². The SMILES string of the molecule is CCCCCCc1nnc(CCl)n1C(C)C. The van der Waals surface area contributed by atoms with E-state index in [9.17, 15) is 0 Å². The van der Waals surface area contributed by atoms with E-state index in [0.29, 0.717) is 11.9 Å². The molecule has 0 fully saturated rings. The lowest BCUT2D eigenvalue weighted by molar-refractivity contribution is 0.538. The molecule has 0 spiro atoms. The zero-order valence-corrected chi connectivity index (χ0v) is 11.3. The van der Waals surface area contributed by atoms with E-state index in [4.69, 9.17) is 11.6 Å². The van der Waals surface area contributed by atoms with Gasteiger partial charge in [-0.1, -0.05) is 26.2 Å². The first-order valence-corrected chi connectivity index (χ1v) is 6.72. The first-order chi connectivity index (χ1) is 7.70. The van der Waals surface area contributed by atoms with E-state index in [1.54, 1.807) is 0 Å². The summed E-state index contributed by atoms with van der Waals surface area (Å²) in [6, 6.07) is 0.393. The van der Waals surface area contributed by atoms with Crippen LogP contribution >= 0.6 is 11.6 Å². The molecule has 0 atom stereocenters. The molecule has 0 saturated heterocycles. The van der Waals surface area contributed by atoms with Gasteiger partial charge in [-0.2, -0.15) is 0 Å². The highest BCUT2D eigenvalue weighted by atomic mass is 35.5. The van der Waals surface area contributed by atoms with Crippen LogP contribution in [-0.2, 0) is 12.3 Å². The molecule has 0 bridgehead atoms. The van der Waals surface area contributed by atoms with E-state index in [2.05, 4.69) is 35.5 Å². The Kier molecular flexibility index (Phi) is 5.81. The lowest BCUT2D eigenvalue weighted by atomic mass is 10.1. The molecule has 0 unspecified atom stereocenters. The quantitative estimate of drug-likeness (QED) is 0.540. The van der Waals surface area contributed by atoms with Gasteiger partial charge in [0.05, 0.1) is 5.88 Å². The minimum Gasteiger partial charge on any atom is -0.311 e. The molecule has 4 heteroatoms. The number of nitrogens with zero attached hydrogens (tertiary/aromatic N) is 3. The first kappa shape index (κ1) is 13.5. The molecule has 0 N–H and O–H groups in total. The lowest BCUT2D eigenvalue weighted by Gasteiger charge is -2.12. The molecule has 1 rings (SSSR count). The third-order valence-corrected chi connectivity index (χ3v) is 2.97. The second-order valence-electron chi connectivity index (χ2n) is 4.44. The molecular formula is C12H22ClN3. The number of rotatable bonds is 7. The first-order valence-electron chi connectivity index (χ1n) is 6.19. The van der Waals surface area contributed by atoms with Crippen molar-refractivity contribution in [3.8, 4) is 0 Å². The Balaban J connectivity index is 2.61. The Labute approximate surface area is 103 Å². The number of aryl methyl sites for hydroxylation is 1. The standard InChI is InChI=1S/C12H22ClN3/c1-4-5-6-7-8-11-14-15-12(9-13)16(11)10(2)3/h10H,4-9H2,1-3H3. The molecule has 0 aromatic carbocycles. The van der Waals surface area contributed by atoms with Gasteiger partial charge < -0.3 is 4.57 Å². The molecule has 1 heterocycles. The maximum absolute atomic E-state index is 5.85. The van der Waals surface area contributed by atoms with Crippen molar-refractivity contribution in [1.29, 1.82) is 0 Å². The van der Waals surface area contributed by atoms with Crippen LogP contribution in [0.25, 0.3) is 0 Å². The van der Waals surface area contributed by atoms with Crippen LogP contribution in [0.2, 0.25) is 0 Å². The predicted octanol–water partition coefficient (Wildman–Crippen LogP) is 3.72. The van der Waals surface area contributed by atoms with Crippen molar-refractivity contribution in [3.05, 3.63) is 11.6 Å². The summed E-state index contributed by atoms with van der Waals surface area (Å²) < 4.78 is 2.17. The smallest absolute Gasteiger partial charge is 0.148 e. The summed E-state index contributed by atoms with van der Waals surface area (Å²) in [5.41, 5.74) is 0. The minimum absolute atomic E-state index is 0.393. The molecule has 92 valence electrons. The van der Waals surface area contributed by atoms with Crippen molar-refractivity contribution in [2.75, 3.05) is 0 Å². The molecule has 1 aromatic rings. The van der Waals surface area contributed by atoms with E-state index in [1.165, 1.54) is 25.7 Å². The fourth-order valence-corrected chi connectivity index (χ4v) is 2.11. The van der Waals surface area contributed by atoms with Gasteiger partial charge in [0.1, 0.15) is 11.6 Å². The topological polar surface area (TPSA) is 30.7 Å². The summed E-state index contributed by atoms with van der Waals surface area (Å²) in [6.07, 6.45) is 6.06. The van der Waals surface area contributed by atoms with Crippen LogP contribution in [0.3, 0.4) is 0 Å². The van der Waals surface area contributed by atoms with E-state index in [1.807, 2.05) is 0 Å². The summed E-state index contributed by atoms with van der Waals surface area (Å²) in [7, 11) is 0. The monoisotopic (exact) mass is 243 g/mol. The van der Waals surface area contributed by atoms with Crippen LogP contribution in [0.1, 0.15) is 64.1 Å². The van der Waals surface area contributed by atoms with Crippen LogP contribution < -0.4 is 0 Å². The summed E-state index contributed by atoms with van der Waals surface area (Å²) in [6.45, 7) is 6.52. The van der Waals surface area contributed by atoms with Crippen LogP contribution in [0.4, 0.5) is 0 Å². The second kappa shape index (κ2) is 6.89. The predicted molar refractivity (Wildman–Crippen MR) is 67.8 cm³/mol. The third-order valence-electron chi connectivity index (χ3n) is 2.73. The Bertz CT molecular complexity index is 307. The normalized spacial score (nSPS) is 11.3. The second-order valence-corrected chi connectivity index (χ2v) is 4.71. The highest BCUT2D eigenvalue weighted by Gasteiger charge is 2.13. The zero-order valence-electron chi connectivity index (χ0n) is 10.5.